The van der Waals surface area contributed by atoms with Crippen molar-refractivity contribution in [2.24, 2.45) is 0 Å². The molecule has 0 amide bonds. The molecule has 0 bridgehead atoms. The van der Waals surface area contributed by atoms with Crippen molar-refractivity contribution in [2.45, 2.75) is 20.4 Å². The van der Waals surface area contributed by atoms with Gasteiger partial charge in [0.15, 0.2) is 5.82 Å². The van der Waals surface area contributed by atoms with Crippen molar-refractivity contribution in [1.82, 2.24) is 25.4 Å². The number of hydrogen-bond acceptors (Lipinski definition) is 5. The molecule has 82 valence electrons. The Labute approximate surface area is 89.9 Å². The molecule has 1 aromatic heterocycles. The fourth-order valence-corrected chi connectivity index (χ4v) is 1.64. The van der Waals surface area contributed by atoms with Crippen LogP contribution in [0.15, 0.2) is 0 Å². The van der Waals surface area contributed by atoms with E-state index in [4.69, 9.17) is 0 Å². The second-order valence-electron chi connectivity index (χ2n) is 3.92. The Morgan fingerprint density at radius 3 is 2.53 bits per heavy atom. The van der Waals surface area contributed by atoms with Crippen LogP contribution in [0, 0.1) is 13.8 Å². The van der Waals surface area contributed by atoms with E-state index in [-0.39, 0.29) is 0 Å². The summed E-state index contributed by atoms with van der Waals surface area (Å²) in [5.74, 6) is 0.833. The number of aryl methyl sites for hydroxylation is 2. The van der Waals surface area contributed by atoms with E-state index in [1.807, 2.05) is 13.8 Å². The van der Waals surface area contributed by atoms with Crippen molar-refractivity contribution in [2.75, 3.05) is 26.2 Å². The van der Waals surface area contributed by atoms with Gasteiger partial charge in [-0.3, -0.25) is 4.90 Å². The molecular weight excluding hydrogens is 190 g/mol. The summed E-state index contributed by atoms with van der Waals surface area (Å²) in [4.78, 5) is 6.78. The van der Waals surface area contributed by atoms with E-state index < -0.39 is 0 Å². The number of nitrogens with zero attached hydrogens (tertiary/aromatic N) is 4. The number of rotatable bonds is 2. The quantitative estimate of drug-likeness (QED) is 0.733. The number of hydrogen-bond donors (Lipinski definition) is 1. The third-order valence-electron chi connectivity index (χ3n) is 2.71. The molecule has 1 saturated heterocycles. The van der Waals surface area contributed by atoms with Crippen LogP contribution in [0.25, 0.3) is 0 Å². The van der Waals surface area contributed by atoms with Crippen LogP contribution in [0.5, 0.6) is 0 Å². The lowest BCUT2D eigenvalue weighted by Gasteiger charge is -2.26. The predicted molar refractivity (Wildman–Crippen MR) is 57.4 cm³/mol. The van der Waals surface area contributed by atoms with Crippen molar-refractivity contribution in [3.63, 3.8) is 0 Å². The van der Waals surface area contributed by atoms with Crippen LogP contribution in [0.1, 0.15) is 17.2 Å². The van der Waals surface area contributed by atoms with E-state index in [0.29, 0.717) is 0 Å². The molecule has 2 rings (SSSR count). The summed E-state index contributed by atoms with van der Waals surface area (Å²) in [5, 5.41) is 11.5. The van der Waals surface area contributed by atoms with E-state index in [1.165, 1.54) is 0 Å². The molecule has 0 unspecified atom stereocenters. The molecule has 0 spiro atoms. The largest absolute Gasteiger partial charge is 0.314 e. The lowest BCUT2D eigenvalue weighted by molar-refractivity contribution is 0.227. The van der Waals surface area contributed by atoms with Gasteiger partial charge in [0.1, 0.15) is 0 Å². The highest BCUT2D eigenvalue weighted by Gasteiger charge is 2.11. The molecule has 1 aliphatic rings. The van der Waals surface area contributed by atoms with Crippen LogP contribution in [-0.4, -0.2) is 46.3 Å². The summed E-state index contributed by atoms with van der Waals surface area (Å²) in [6.45, 7) is 8.97. The average molecular weight is 207 g/mol. The minimum Gasteiger partial charge on any atom is -0.314 e. The van der Waals surface area contributed by atoms with Gasteiger partial charge in [-0.15, -0.1) is 5.10 Å². The van der Waals surface area contributed by atoms with Gasteiger partial charge in [-0.05, 0) is 13.8 Å². The minimum atomic E-state index is 0.815. The van der Waals surface area contributed by atoms with Gasteiger partial charge in [0.05, 0.1) is 17.9 Å². The molecule has 1 fully saturated rings. The summed E-state index contributed by atoms with van der Waals surface area (Å²) < 4.78 is 0. The van der Waals surface area contributed by atoms with E-state index in [0.717, 1.165) is 49.9 Å². The topological polar surface area (TPSA) is 53.9 Å². The molecular formula is C10H17N5. The first-order valence-electron chi connectivity index (χ1n) is 5.35. The first kappa shape index (κ1) is 10.4. The zero-order valence-electron chi connectivity index (χ0n) is 9.32. The van der Waals surface area contributed by atoms with Gasteiger partial charge in [-0.25, -0.2) is 4.98 Å². The SMILES string of the molecule is Cc1nnc(CN2CCNCC2)nc1C. The summed E-state index contributed by atoms with van der Waals surface area (Å²) in [5.41, 5.74) is 1.90. The minimum absolute atomic E-state index is 0.815. The van der Waals surface area contributed by atoms with Crippen LogP contribution in [0.2, 0.25) is 0 Å². The second kappa shape index (κ2) is 4.63. The molecule has 15 heavy (non-hydrogen) atoms. The fourth-order valence-electron chi connectivity index (χ4n) is 1.64. The van der Waals surface area contributed by atoms with E-state index in [2.05, 4.69) is 25.4 Å². The Balaban J connectivity index is 2.00. The number of nitrogens with one attached hydrogen (secondary N) is 1. The first-order valence-corrected chi connectivity index (χ1v) is 5.35. The molecule has 1 aromatic rings. The molecule has 2 heterocycles. The van der Waals surface area contributed by atoms with E-state index in [1.54, 1.807) is 0 Å². The fraction of sp³-hybridized carbons (Fsp3) is 0.700. The maximum atomic E-state index is 4.43. The van der Waals surface area contributed by atoms with Crippen molar-refractivity contribution < 1.29 is 0 Å². The average Bonchev–Trinajstić information content (AvgIpc) is 2.25. The highest BCUT2D eigenvalue weighted by molar-refractivity contribution is 5.05. The molecule has 1 N–H and O–H groups in total. The van der Waals surface area contributed by atoms with Gasteiger partial charge in [0.2, 0.25) is 0 Å². The maximum absolute atomic E-state index is 4.43. The van der Waals surface area contributed by atoms with Gasteiger partial charge in [0.25, 0.3) is 0 Å². The zero-order valence-corrected chi connectivity index (χ0v) is 9.32. The molecule has 0 radical (unpaired) electrons. The van der Waals surface area contributed by atoms with Gasteiger partial charge >= 0.3 is 0 Å². The Kier molecular flexibility index (Phi) is 3.23. The number of piperazine rings is 1. The Morgan fingerprint density at radius 1 is 1.13 bits per heavy atom. The molecule has 0 aliphatic carbocycles. The molecule has 0 aromatic carbocycles. The molecule has 5 heteroatoms. The van der Waals surface area contributed by atoms with Crippen molar-refractivity contribution in [3.05, 3.63) is 17.2 Å². The first-order chi connectivity index (χ1) is 7.25. The Hall–Kier alpha value is -1.07. The van der Waals surface area contributed by atoms with Gasteiger partial charge < -0.3 is 5.32 Å². The highest BCUT2D eigenvalue weighted by Crippen LogP contribution is 2.02. The predicted octanol–water partition coefficient (Wildman–Crippen LogP) is -0.106. The van der Waals surface area contributed by atoms with Crippen molar-refractivity contribution in [3.8, 4) is 0 Å². The van der Waals surface area contributed by atoms with Gasteiger partial charge in [-0.1, -0.05) is 0 Å². The number of aromatic nitrogens is 3. The summed E-state index contributed by atoms with van der Waals surface area (Å²) in [6, 6.07) is 0. The lowest BCUT2D eigenvalue weighted by Crippen LogP contribution is -2.43. The van der Waals surface area contributed by atoms with E-state index in [9.17, 15) is 0 Å². The maximum Gasteiger partial charge on any atom is 0.165 e. The third kappa shape index (κ3) is 2.70. The van der Waals surface area contributed by atoms with Crippen molar-refractivity contribution >= 4 is 0 Å². The standard InChI is InChI=1S/C10H17N5/c1-8-9(2)13-14-10(12-8)7-15-5-3-11-4-6-15/h11H,3-7H2,1-2H3. The normalized spacial score (nSPS) is 18.0. The van der Waals surface area contributed by atoms with Crippen LogP contribution < -0.4 is 5.32 Å². The monoisotopic (exact) mass is 207 g/mol. The zero-order chi connectivity index (χ0) is 10.7. The molecule has 0 saturated carbocycles. The highest BCUT2D eigenvalue weighted by atomic mass is 15.2. The molecule has 1 aliphatic heterocycles. The molecule has 0 atom stereocenters. The summed E-state index contributed by atoms with van der Waals surface area (Å²) >= 11 is 0. The van der Waals surface area contributed by atoms with Crippen LogP contribution in [-0.2, 0) is 6.54 Å². The van der Waals surface area contributed by atoms with Crippen LogP contribution in [0.3, 0.4) is 0 Å². The third-order valence-corrected chi connectivity index (χ3v) is 2.71. The lowest BCUT2D eigenvalue weighted by atomic mass is 10.3. The smallest absolute Gasteiger partial charge is 0.165 e. The van der Waals surface area contributed by atoms with E-state index >= 15 is 0 Å². The van der Waals surface area contributed by atoms with Gasteiger partial charge in [0, 0.05) is 26.2 Å². The van der Waals surface area contributed by atoms with Crippen molar-refractivity contribution in [1.29, 1.82) is 0 Å². The molecule has 5 nitrogen and oxygen atoms in total. The van der Waals surface area contributed by atoms with Crippen LogP contribution >= 0.6 is 0 Å². The Morgan fingerprint density at radius 2 is 1.87 bits per heavy atom. The summed E-state index contributed by atoms with van der Waals surface area (Å²) in [7, 11) is 0. The Bertz CT molecular complexity index is 333. The second-order valence-corrected chi connectivity index (χ2v) is 3.92. The summed E-state index contributed by atoms with van der Waals surface area (Å²) in [6.07, 6.45) is 0. The van der Waals surface area contributed by atoms with Gasteiger partial charge in [-0.2, -0.15) is 5.10 Å². The van der Waals surface area contributed by atoms with Crippen LogP contribution in [0.4, 0.5) is 0 Å².